The SMILES string of the molecule is CC.CC.Cc1cc(C)cc(C(F)P)c1. The van der Waals surface area contributed by atoms with Crippen molar-refractivity contribution >= 4 is 9.24 Å². The van der Waals surface area contributed by atoms with Crippen LogP contribution in [0.5, 0.6) is 0 Å². The molecule has 0 nitrogen and oxygen atoms in total. The molecule has 0 amide bonds. The molecule has 2 atom stereocenters. The van der Waals surface area contributed by atoms with Crippen molar-refractivity contribution in [2.45, 2.75) is 47.5 Å². The van der Waals surface area contributed by atoms with Crippen LogP contribution in [-0.2, 0) is 0 Å². The molecular weight excluding hydrogens is 206 g/mol. The number of alkyl halides is 1. The third-order valence-electron chi connectivity index (χ3n) is 1.56. The van der Waals surface area contributed by atoms with Crippen LogP contribution in [0.3, 0.4) is 0 Å². The average Bonchev–Trinajstić information content (AvgIpc) is 2.22. The van der Waals surface area contributed by atoms with E-state index in [1.165, 1.54) is 0 Å². The summed E-state index contributed by atoms with van der Waals surface area (Å²) < 4.78 is 12.8. The third-order valence-corrected chi connectivity index (χ3v) is 1.95. The van der Waals surface area contributed by atoms with Crippen LogP contribution < -0.4 is 0 Å². The number of benzene rings is 1. The van der Waals surface area contributed by atoms with Gasteiger partial charge < -0.3 is 0 Å². The van der Waals surface area contributed by atoms with Crippen molar-refractivity contribution in [2.24, 2.45) is 0 Å². The second-order valence-electron chi connectivity index (χ2n) is 2.82. The van der Waals surface area contributed by atoms with Crippen LogP contribution >= 0.6 is 9.24 Å². The first-order valence-electron chi connectivity index (χ1n) is 5.57. The Balaban J connectivity index is 0. The Hall–Kier alpha value is -0.420. The van der Waals surface area contributed by atoms with Crippen molar-refractivity contribution < 1.29 is 4.39 Å². The van der Waals surface area contributed by atoms with Crippen LogP contribution in [0.15, 0.2) is 18.2 Å². The Morgan fingerprint density at radius 3 is 1.53 bits per heavy atom. The van der Waals surface area contributed by atoms with Crippen molar-refractivity contribution in [2.75, 3.05) is 0 Å². The highest BCUT2D eigenvalue weighted by atomic mass is 31.0. The van der Waals surface area contributed by atoms with Crippen molar-refractivity contribution in [1.29, 1.82) is 0 Å². The molecule has 0 saturated carbocycles. The smallest absolute Gasteiger partial charge is 0.138 e. The number of aryl methyl sites for hydroxylation is 2. The summed E-state index contributed by atoms with van der Waals surface area (Å²) in [7, 11) is 2.15. The lowest BCUT2D eigenvalue weighted by Crippen LogP contribution is -1.85. The van der Waals surface area contributed by atoms with Gasteiger partial charge in [-0.1, -0.05) is 66.3 Å². The number of hydrogen-bond donors (Lipinski definition) is 0. The first-order chi connectivity index (χ1) is 7.09. The van der Waals surface area contributed by atoms with Gasteiger partial charge in [0.15, 0.2) is 0 Å². The minimum Gasteiger partial charge on any atom is -0.238 e. The molecule has 1 rings (SSSR count). The summed E-state index contributed by atoms with van der Waals surface area (Å²) in [5.74, 6) is -0.936. The molecule has 0 N–H and O–H groups in total. The van der Waals surface area contributed by atoms with Gasteiger partial charge in [0.1, 0.15) is 5.91 Å². The van der Waals surface area contributed by atoms with E-state index in [4.69, 9.17) is 0 Å². The van der Waals surface area contributed by atoms with Gasteiger partial charge in [0.25, 0.3) is 0 Å². The summed E-state index contributed by atoms with van der Waals surface area (Å²) in [5, 5.41) is 0. The molecule has 88 valence electrons. The minimum absolute atomic E-state index is 0.743. The molecule has 15 heavy (non-hydrogen) atoms. The molecule has 0 fully saturated rings. The second kappa shape index (κ2) is 10.1. The summed E-state index contributed by atoms with van der Waals surface area (Å²) in [5.41, 5.74) is 2.97. The standard InChI is InChI=1S/C9H12FP.2C2H6/c1-6-3-7(2)5-8(4-6)9(10)11;2*1-2/h3-5,9H,11H2,1-2H3;2*1-2H3. The van der Waals surface area contributed by atoms with Gasteiger partial charge in [0, 0.05) is 0 Å². The predicted molar refractivity (Wildman–Crippen MR) is 72.2 cm³/mol. The maximum atomic E-state index is 12.8. The van der Waals surface area contributed by atoms with Gasteiger partial charge in [-0.25, -0.2) is 4.39 Å². The normalized spacial score (nSPS) is 10.4. The Labute approximate surface area is 96.5 Å². The second-order valence-corrected chi connectivity index (χ2v) is 3.41. The molecule has 0 aliphatic heterocycles. The lowest BCUT2D eigenvalue weighted by molar-refractivity contribution is 0.468. The molecule has 0 spiro atoms. The maximum absolute atomic E-state index is 12.8. The monoisotopic (exact) mass is 230 g/mol. The highest BCUT2D eigenvalue weighted by Crippen LogP contribution is 2.25. The number of halogens is 1. The molecule has 1 aromatic carbocycles. The fraction of sp³-hybridized carbons (Fsp3) is 0.538. The quantitative estimate of drug-likeness (QED) is 0.582. The van der Waals surface area contributed by atoms with E-state index in [0.29, 0.717) is 0 Å². The van der Waals surface area contributed by atoms with Crippen molar-refractivity contribution in [3.8, 4) is 0 Å². The summed E-state index contributed by atoms with van der Waals surface area (Å²) in [4.78, 5) is 0. The molecule has 0 saturated heterocycles. The molecule has 0 aliphatic carbocycles. The summed E-state index contributed by atoms with van der Waals surface area (Å²) >= 11 is 0. The van der Waals surface area contributed by atoms with Gasteiger partial charge in [-0.05, 0) is 19.4 Å². The van der Waals surface area contributed by atoms with E-state index in [9.17, 15) is 4.39 Å². The summed E-state index contributed by atoms with van der Waals surface area (Å²) in [6.07, 6.45) is 0. The molecule has 2 unspecified atom stereocenters. The largest absolute Gasteiger partial charge is 0.238 e. The highest BCUT2D eigenvalue weighted by Gasteiger charge is 2.02. The molecule has 0 heterocycles. The number of rotatable bonds is 1. The first-order valence-corrected chi connectivity index (χ1v) is 6.24. The van der Waals surface area contributed by atoms with Crippen molar-refractivity contribution in [3.63, 3.8) is 0 Å². The van der Waals surface area contributed by atoms with Gasteiger partial charge in [0.2, 0.25) is 0 Å². The van der Waals surface area contributed by atoms with Gasteiger partial charge in [-0.15, -0.1) is 0 Å². The van der Waals surface area contributed by atoms with Gasteiger partial charge in [-0.3, -0.25) is 0 Å². The van der Waals surface area contributed by atoms with Crippen molar-refractivity contribution in [3.05, 3.63) is 34.9 Å². The first kappa shape index (κ1) is 17.0. The van der Waals surface area contributed by atoms with E-state index < -0.39 is 5.91 Å². The molecule has 0 bridgehead atoms. The lowest BCUT2D eigenvalue weighted by Gasteiger charge is -2.04. The van der Waals surface area contributed by atoms with E-state index in [-0.39, 0.29) is 0 Å². The Morgan fingerprint density at radius 1 is 0.933 bits per heavy atom. The van der Waals surface area contributed by atoms with E-state index >= 15 is 0 Å². The highest BCUT2D eigenvalue weighted by molar-refractivity contribution is 7.16. The van der Waals surface area contributed by atoms with Crippen LogP contribution in [0.25, 0.3) is 0 Å². The van der Waals surface area contributed by atoms with E-state index in [2.05, 4.69) is 9.24 Å². The Bertz CT molecular complexity index is 236. The average molecular weight is 230 g/mol. The molecule has 0 aliphatic rings. The van der Waals surface area contributed by atoms with E-state index in [1.807, 2.05) is 59.7 Å². The van der Waals surface area contributed by atoms with Gasteiger partial charge >= 0.3 is 0 Å². The maximum Gasteiger partial charge on any atom is 0.138 e. The Kier molecular flexibility index (Phi) is 11.5. The van der Waals surface area contributed by atoms with Crippen LogP contribution in [0, 0.1) is 13.8 Å². The third kappa shape index (κ3) is 7.50. The fourth-order valence-corrected chi connectivity index (χ4v) is 1.36. The molecule has 2 heteroatoms. The summed E-state index contributed by atoms with van der Waals surface area (Å²) in [6, 6.07) is 5.77. The molecular formula is C13H24FP. The van der Waals surface area contributed by atoms with Crippen LogP contribution in [0.2, 0.25) is 0 Å². The zero-order valence-electron chi connectivity index (χ0n) is 10.8. The Morgan fingerprint density at radius 2 is 1.27 bits per heavy atom. The van der Waals surface area contributed by atoms with E-state index in [0.717, 1.165) is 16.7 Å². The van der Waals surface area contributed by atoms with Crippen LogP contribution in [-0.4, -0.2) is 0 Å². The van der Waals surface area contributed by atoms with Crippen LogP contribution in [0.1, 0.15) is 50.3 Å². The fourth-order valence-electron chi connectivity index (χ4n) is 1.17. The van der Waals surface area contributed by atoms with Crippen molar-refractivity contribution in [1.82, 2.24) is 0 Å². The van der Waals surface area contributed by atoms with Crippen LogP contribution in [0.4, 0.5) is 4.39 Å². The molecule has 0 aromatic heterocycles. The lowest BCUT2D eigenvalue weighted by atomic mass is 10.1. The number of hydrogen-bond acceptors (Lipinski definition) is 0. The van der Waals surface area contributed by atoms with E-state index in [1.54, 1.807) is 0 Å². The molecule has 1 aromatic rings. The summed E-state index contributed by atoms with van der Waals surface area (Å²) in [6.45, 7) is 12.0. The topological polar surface area (TPSA) is 0 Å². The molecule has 0 radical (unpaired) electrons. The zero-order chi connectivity index (χ0) is 12.4. The van der Waals surface area contributed by atoms with Gasteiger partial charge in [0.05, 0.1) is 0 Å². The van der Waals surface area contributed by atoms with Gasteiger partial charge in [-0.2, -0.15) is 0 Å². The minimum atomic E-state index is -0.936. The zero-order valence-corrected chi connectivity index (χ0v) is 11.9. The predicted octanol–water partition coefficient (Wildman–Crippen LogP) is 5.20.